The fourth-order valence-corrected chi connectivity index (χ4v) is 4.45. The second-order valence-electron chi connectivity index (χ2n) is 6.24. The van der Waals surface area contributed by atoms with Gasteiger partial charge in [-0.3, -0.25) is 14.2 Å². The summed E-state index contributed by atoms with van der Waals surface area (Å²) in [5, 5.41) is 6.43. The molecule has 0 bridgehead atoms. The molecule has 3 aromatic heterocycles. The third-order valence-electron chi connectivity index (χ3n) is 4.25. The molecule has 0 aliphatic rings. The van der Waals surface area contributed by atoms with Crippen molar-refractivity contribution in [1.82, 2.24) is 14.9 Å². The van der Waals surface area contributed by atoms with E-state index in [9.17, 15) is 9.59 Å². The van der Waals surface area contributed by atoms with Gasteiger partial charge in [0, 0.05) is 17.6 Å². The molecule has 0 radical (unpaired) electrons. The number of amides is 1. The van der Waals surface area contributed by atoms with Gasteiger partial charge in [-0.25, -0.2) is 4.98 Å². The molecule has 4 rings (SSSR count). The number of carbonyl (C=O) groups excluding carboxylic acids is 1. The summed E-state index contributed by atoms with van der Waals surface area (Å²) < 4.78 is 7.25. The first-order valence-electron chi connectivity index (χ1n) is 8.69. The van der Waals surface area contributed by atoms with Crippen LogP contribution in [0.25, 0.3) is 21.5 Å². The molecular weight excluding hydrogens is 430 g/mol. The number of benzene rings is 1. The Kier molecular flexibility index (Phi) is 5.75. The molecule has 0 aliphatic heterocycles. The molecule has 1 N–H and O–H groups in total. The summed E-state index contributed by atoms with van der Waals surface area (Å²) in [6, 6.07) is 12.8. The van der Waals surface area contributed by atoms with Crippen LogP contribution in [-0.2, 0) is 18.4 Å². The number of halogens is 1. The van der Waals surface area contributed by atoms with E-state index >= 15 is 0 Å². The van der Waals surface area contributed by atoms with Crippen LogP contribution in [0.2, 0.25) is 5.02 Å². The van der Waals surface area contributed by atoms with Crippen LogP contribution in [0.1, 0.15) is 5.76 Å². The molecule has 0 aliphatic carbocycles. The molecule has 0 unspecified atom stereocenters. The Labute approximate surface area is 179 Å². The summed E-state index contributed by atoms with van der Waals surface area (Å²) in [5.41, 5.74) is 0.808. The molecule has 1 aromatic carbocycles. The van der Waals surface area contributed by atoms with Crippen molar-refractivity contribution in [2.75, 3.05) is 5.75 Å². The number of furan rings is 1. The van der Waals surface area contributed by atoms with Crippen molar-refractivity contribution in [2.24, 2.45) is 7.05 Å². The summed E-state index contributed by atoms with van der Waals surface area (Å²) >= 11 is 8.54. The zero-order valence-electron chi connectivity index (χ0n) is 15.3. The summed E-state index contributed by atoms with van der Waals surface area (Å²) in [5.74, 6) is 1.35. The summed E-state index contributed by atoms with van der Waals surface area (Å²) in [7, 11) is 1.66. The van der Waals surface area contributed by atoms with Crippen LogP contribution in [0.15, 0.2) is 62.2 Å². The number of carbonyl (C=O) groups is 1. The molecule has 4 aromatic rings. The smallest absolute Gasteiger partial charge is 0.262 e. The Bertz CT molecular complexity index is 1230. The Morgan fingerprint density at radius 1 is 1.24 bits per heavy atom. The van der Waals surface area contributed by atoms with E-state index < -0.39 is 0 Å². The largest absolute Gasteiger partial charge is 0.459 e. The summed E-state index contributed by atoms with van der Waals surface area (Å²) in [6.45, 7) is 0.281. The average molecular weight is 446 g/mol. The highest BCUT2D eigenvalue weighted by Gasteiger charge is 2.12. The standard InChI is InChI=1S/C20H16ClN3O3S2/c1-24-19(26)15-8-9-28-18(15)23-20(24)29-11-17(25)22-10-14-6-7-16(27-14)12-2-4-13(21)5-3-12/h2-9H,10-11H2,1H3,(H,22,25). The fourth-order valence-electron chi connectivity index (χ4n) is 2.72. The van der Waals surface area contributed by atoms with Crippen LogP contribution in [0.4, 0.5) is 0 Å². The average Bonchev–Trinajstić information content (AvgIpc) is 3.38. The molecule has 3 heterocycles. The lowest BCUT2D eigenvalue weighted by Crippen LogP contribution is -2.25. The summed E-state index contributed by atoms with van der Waals surface area (Å²) in [6.07, 6.45) is 0. The second-order valence-corrected chi connectivity index (χ2v) is 8.51. The maximum Gasteiger partial charge on any atom is 0.262 e. The van der Waals surface area contributed by atoms with E-state index in [0.717, 1.165) is 5.56 Å². The Hall–Kier alpha value is -2.55. The molecule has 0 saturated heterocycles. The number of fused-ring (bicyclic) bond motifs is 1. The molecule has 0 fully saturated rings. The van der Waals surface area contributed by atoms with Gasteiger partial charge in [0.1, 0.15) is 16.4 Å². The first kappa shape index (κ1) is 19.8. The van der Waals surface area contributed by atoms with Gasteiger partial charge in [0.15, 0.2) is 5.16 Å². The normalized spacial score (nSPS) is 11.1. The number of hydrogen-bond donors (Lipinski definition) is 1. The maximum absolute atomic E-state index is 12.3. The first-order chi connectivity index (χ1) is 14.0. The van der Waals surface area contributed by atoms with E-state index in [4.69, 9.17) is 16.0 Å². The SMILES string of the molecule is Cn1c(SCC(=O)NCc2ccc(-c3ccc(Cl)cc3)o2)nc2sccc2c1=O. The van der Waals surface area contributed by atoms with Gasteiger partial charge < -0.3 is 9.73 Å². The van der Waals surface area contributed by atoms with Gasteiger partial charge in [-0.1, -0.05) is 23.4 Å². The molecule has 0 spiro atoms. The molecule has 6 nitrogen and oxygen atoms in total. The van der Waals surface area contributed by atoms with E-state index in [1.165, 1.54) is 27.7 Å². The highest BCUT2D eigenvalue weighted by Crippen LogP contribution is 2.24. The number of thiophene rings is 1. The fraction of sp³-hybridized carbons (Fsp3) is 0.150. The predicted octanol–water partition coefficient (Wildman–Crippen LogP) is 4.32. The van der Waals surface area contributed by atoms with E-state index in [1.807, 2.05) is 29.6 Å². The maximum atomic E-state index is 12.3. The molecule has 0 atom stereocenters. The van der Waals surface area contributed by atoms with Crippen LogP contribution < -0.4 is 10.9 Å². The van der Waals surface area contributed by atoms with E-state index in [2.05, 4.69) is 10.3 Å². The second kappa shape index (κ2) is 8.44. The van der Waals surface area contributed by atoms with Crippen molar-refractivity contribution in [1.29, 1.82) is 0 Å². The van der Waals surface area contributed by atoms with E-state index in [-0.39, 0.29) is 23.8 Å². The van der Waals surface area contributed by atoms with Crippen LogP contribution >= 0.6 is 34.7 Å². The number of nitrogens with one attached hydrogen (secondary N) is 1. The first-order valence-corrected chi connectivity index (χ1v) is 10.9. The Balaban J connectivity index is 1.34. The minimum Gasteiger partial charge on any atom is -0.459 e. The molecule has 29 heavy (non-hydrogen) atoms. The van der Waals surface area contributed by atoms with Crippen molar-refractivity contribution in [3.8, 4) is 11.3 Å². The van der Waals surface area contributed by atoms with Gasteiger partial charge >= 0.3 is 0 Å². The van der Waals surface area contributed by atoms with Crippen LogP contribution in [-0.4, -0.2) is 21.2 Å². The molecule has 148 valence electrons. The minimum absolute atomic E-state index is 0.107. The zero-order valence-corrected chi connectivity index (χ0v) is 17.7. The minimum atomic E-state index is -0.167. The zero-order chi connectivity index (χ0) is 20.4. The number of rotatable bonds is 6. The third kappa shape index (κ3) is 4.39. The van der Waals surface area contributed by atoms with Gasteiger partial charge in [0.05, 0.1) is 17.7 Å². The van der Waals surface area contributed by atoms with Crippen molar-refractivity contribution in [3.63, 3.8) is 0 Å². The van der Waals surface area contributed by atoms with Crippen LogP contribution in [0.3, 0.4) is 0 Å². The highest BCUT2D eigenvalue weighted by molar-refractivity contribution is 7.99. The molecule has 0 saturated carbocycles. The van der Waals surface area contributed by atoms with Gasteiger partial charge in [0.2, 0.25) is 5.91 Å². The van der Waals surface area contributed by atoms with E-state index in [0.29, 0.717) is 31.9 Å². The van der Waals surface area contributed by atoms with Gasteiger partial charge in [-0.05, 0) is 47.8 Å². The van der Waals surface area contributed by atoms with Crippen LogP contribution in [0.5, 0.6) is 0 Å². The number of thioether (sulfide) groups is 1. The highest BCUT2D eigenvalue weighted by atomic mass is 35.5. The van der Waals surface area contributed by atoms with Crippen molar-refractivity contribution in [3.05, 3.63) is 69.0 Å². The number of aromatic nitrogens is 2. The van der Waals surface area contributed by atoms with Crippen molar-refractivity contribution < 1.29 is 9.21 Å². The Morgan fingerprint density at radius 2 is 2.03 bits per heavy atom. The summed E-state index contributed by atoms with van der Waals surface area (Å²) in [4.78, 5) is 29.7. The monoisotopic (exact) mass is 445 g/mol. The van der Waals surface area contributed by atoms with Gasteiger partial charge in [-0.15, -0.1) is 11.3 Å². The Morgan fingerprint density at radius 3 is 2.83 bits per heavy atom. The molecule has 9 heteroatoms. The topological polar surface area (TPSA) is 77.1 Å². The number of hydrogen-bond acceptors (Lipinski definition) is 6. The van der Waals surface area contributed by atoms with Gasteiger partial charge in [0.25, 0.3) is 5.56 Å². The molecule has 1 amide bonds. The van der Waals surface area contributed by atoms with Crippen LogP contribution in [0, 0.1) is 0 Å². The predicted molar refractivity (Wildman–Crippen MR) is 117 cm³/mol. The lowest BCUT2D eigenvalue weighted by atomic mass is 10.2. The van der Waals surface area contributed by atoms with Gasteiger partial charge in [-0.2, -0.15) is 0 Å². The third-order valence-corrected chi connectivity index (χ3v) is 6.33. The lowest BCUT2D eigenvalue weighted by molar-refractivity contribution is -0.118. The van der Waals surface area contributed by atoms with E-state index in [1.54, 1.807) is 25.2 Å². The van der Waals surface area contributed by atoms with Crippen molar-refractivity contribution in [2.45, 2.75) is 11.7 Å². The number of nitrogens with zero attached hydrogens (tertiary/aromatic N) is 2. The molecular formula is C20H16ClN3O3S2. The van der Waals surface area contributed by atoms with Crippen molar-refractivity contribution >= 4 is 50.8 Å². The quantitative estimate of drug-likeness (QED) is 0.353. The lowest BCUT2D eigenvalue weighted by Gasteiger charge is -2.07.